The highest BCUT2D eigenvalue weighted by atomic mass is 19.2. The van der Waals surface area contributed by atoms with Gasteiger partial charge in [-0.3, -0.25) is 0 Å². The molecule has 2 unspecified atom stereocenters. The third-order valence-electron chi connectivity index (χ3n) is 21.3. The van der Waals surface area contributed by atoms with Crippen LogP contribution in [0.4, 0.5) is 51.7 Å². The molecular formula is C97H72F4N2O3. The van der Waals surface area contributed by atoms with Crippen molar-refractivity contribution in [2.75, 3.05) is 9.80 Å². The van der Waals surface area contributed by atoms with E-state index < -0.39 is 34.1 Å². The summed E-state index contributed by atoms with van der Waals surface area (Å²) in [6, 6.07) is 99.2. The number of furan rings is 1. The van der Waals surface area contributed by atoms with Crippen LogP contribution in [0.2, 0.25) is 0 Å². The summed E-state index contributed by atoms with van der Waals surface area (Å²) in [7, 11) is 0. The molecule has 17 rings (SSSR count). The molecule has 5 nitrogen and oxygen atoms in total. The van der Waals surface area contributed by atoms with E-state index in [0.29, 0.717) is 79.1 Å². The molecule has 106 heavy (non-hydrogen) atoms. The van der Waals surface area contributed by atoms with E-state index in [4.69, 9.17) is 13.9 Å². The molecule has 0 N–H and O–H groups in total. The van der Waals surface area contributed by atoms with E-state index >= 15 is 17.6 Å². The highest BCUT2D eigenvalue weighted by Gasteiger charge is 2.49. The van der Waals surface area contributed by atoms with Gasteiger partial charge in [0.25, 0.3) is 0 Å². The van der Waals surface area contributed by atoms with Gasteiger partial charge >= 0.3 is 0 Å². The first-order valence-electron chi connectivity index (χ1n) is 35.7. The normalized spacial score (nSPS) is 14.9. The molecule has 0 saturated carbocycles. The van der Waals surface area contributed by atoms with Gasteiger partial charge in [0.15, 0.2) is 34.4 Å². The minimum Gasteiger partial charge on any atom is -0.457 e. The van der Waals surface area contributed by atoms with Gasteiger partial charge in [-0.2, -0.15) is 0 Å². The Balaban J connectivity index is 0.852. The standard InChI is InChI=1S/C97H72F4N2O3/c1-8-61-24-44-73(45-25-61)104-75-48-36-67(37-49-75)96(65-30-28-63(29-31-65)60(3)4)83-20-12-10-16-77(83)79-52-40-69(56-85(79)96)102(71-42-54-87(98)89(100)58-71)91-22-14-18-81-82-19-15-23-92(94(82)106-93(81)91)103(72-43-55-88(99)90(101)59-72)70-41-53-80-78-17-11-13-21-84(78)97(86(80)57-70,66-34-32-64(33-35-66)95(5,6)7)68-38-50-76(51-39-68)105-74-46-26-62(9-2)27-47-74/h8-60H,1-2H2,3-7H3. The molecule has 2 aliphatic rings. The average molecular weight is 1390 g/mol. The Morgan fingerprint density at radius 2 is 0.708 bits per heavy atom. The number of halogens is 4. The second-order valence-corrected chi connectivity index (χ2v) is 28.7. The molecule has 516 valence electrons. The summed E-state index contributed by atoms with van der Waals surface area (Å²) in [5.74, 6) is -1.08. The van der Waals surface area contributed by atoms with Crippen LogP contribution >= 0.6 is 0 Å². The molecule has 1 heterocycles. The van der Waals surface area contributed by atoms with E-state index in [1.807, 2.05) is 131 Å². The summed E-state index contributed by atoms with van der Waals surface area (Å²) in [6.45, 7) is 18.8. The molecule has 0 bridgehead atoms. The minimum atomic E-state index is -1.03. The number of anilines is 6. The third kappa shape index (κ3) is 11.1. The highest BCUT2D eigenvalue weighted by Crippen LogP contribution is 2.61. The average Bonchev–Trinajstić information content (AvgIpc) is 1.53. The van der Waals surface area contributed by atoms with Crippen LogP contribution in [0.25, 0.3) is 56.3 Å². The fourth-order valence-corrected chi connectivity index (χ4v) is 16.1. The zero-order valence-corrected chi connectivity index (χ0v) is 59.1. The van der Waals surface area contributed by atoms with Crippen LogP contribution in [0.15, 0.2) is 321 Å². The summed E-state index contributed by atoms with van der Waals surface area (Å²) in [5.41, 5.74) is 18.4. The van der Waals surface area contributed by atoms with Gasteiger partial charge in [0.2, 0.25) is 0 Å². The number of para-hydroxylation sites is 2. The first kappa shape index (κ1) is 66.5. The molecular weight excluding hydrogens is 1320 g/mol. The maximum absolute atomic E-state index is 16.3. The fourth-order valence-electron chi connectivity index (χ4n) is 16.1. The van der Waals surface area contributed by atoms with E-state index in [0.717, 1.165) is 90.0 Å². The van der Waals surface area contributed by atoms with Crippen molar-refractivity contribution < 1.29 is 31.5 Å². The Morgan fingerprint density at radius 1 is 0.358 bits per heavy atom. The fraction of sp³-hybridized carbons (Fsp3) is 0.0928. The van der Waals surface area contributed by atoms with Crippen molar-refractivity contribution in [2.45, 2.75) is 56.8 Å². The van der Waals surface area contributed by atoms with Crippen molar-refractivity contribution in [1.29, 1.82) is 0 Å². The van der Waals surface area contributed by atoms with Crippen LogP contribution in [0.3, 0.4) is 0 Å². The number of fused-ring (bicyclic) bond motifs is 9. The summed E-state index contributed by atoms with van der Waals surface area (Å²) in [6.07, 6.45) is 3.60. The van der Waals surface area contributed by atoms with Gasteiger partial charge in [0.1, 0.15) is 23.0 Å². The Labute approximate surface area is 614 Å². The maximum atomic E-state index is 16.3. The zero-order valence-electron chi connectivity index (χ0n) is 59.1. The van der Waals surface area contributed by atoms with Crippen molar-refractivity contribution in [3.8, 4) is 45.3 Å². The second-order valence-electron chi connectivity index (χ2n) is 28.7. The van der Waals surface area contributed by atoms with Crippen LogP contribution in [0, 0.1) is 23.3 Å². The van der Waals surface area contributed by atoms with Gasteiger partial charge in [-0.05, 0) is 210 Å². The maximum Gasteiger partial charge on any atom is 0.160 e. The minimum absolute atomic E-state index is 0.137. The number of hydrogen-bond acceptors (Lipinski definition) is 5. The van der Waals surface area contributed by atoms with Crippen molar-refractivity contribution in [3.05, 3.63) is 407 Å². The summed E-state index contributed by atoms with van der Waals surface area (Å²) in [4.78, 5) is 3.85. The van der Waals surface area contributed by atoms with Crippen LogP contribution in [0.5, 0.6) is 23.0 Å². The summed E-state index contributed by atoms with van der Waals surface area (Å²) >= 11 is 0. The van der Waals surface area contributed by atoms with Crippen LogP contribution in [-0.2, 0) is 16.2 Å². The van der Waals surface area contributed by atoms with Gasteiger partial charge in [-0.15, -0.1) is 0 Å². The SMILES string of the molecule is C=Cc1ccc(Oc2ccc(C3(c4ccc(C(C)C)cc4)c4ccccc4-c4ccc(N(c5ccc(F)c(F)c5)c5cccc6c5oc5c(N(c7ccc(F)c(F)c7)c7ccc8c(c7)C(c7ccc(Oc9ccc(C=C)cc9)cc7)(c7ccc(C(C)(C)C)cc7)c7ccccc7-8)cccc56)cc43)cc2)cc1. The van der Waals surface area contributed by atoms with Crippen LogP contribution < -0.4 is 19.3 Å². The van der Waals surface area contributed by atoms with Crippen molar-refractivity contribution in [2.24, 2.45) is 0 Å². The predicted octanol–water partition coefficient (Wildman–Crippen LogP) is 27.1. The molecule has 0 spiro atoms. The Kier molecular flexibility index (Phi) is 16.4. The number of benzene rings is 14. The molecule has 0 amide bonds. The highest BCUT2D eigenvalue weighted by molar-refractivity contribution is 6.14. The van der Waals surface area contributed by atoms with Gasteiger partial charge in [0, 0.05) is 45.7 Å². The largest absolute Gasteiger partial charge is 0.457 e. The number of nitrogens with zero attached hydrogens (tertiary/aromatic N) is 2. The quantitative estimate of drug-likeness (QED) is 0.0850. The van der Waals surface area contributed by atoms with Crippen LogP contribution in [-0.4, -0.2) is 0 Å². The lowest BCUT2D eigenvalue weighted by Gasteiger charge is -2.35. The van der Waals surface area contributed by atoms with E-state index in [-0.39, 0.29) is 11.3 Å². The molecule has 0 aliphatic heterocycles. The third-order valence-corrected chi connectivity index (χ3v) is 21.3. The molecule has 2 atom stereocenters. The number of hydrogen-bond donors (Lipinski definition) is 0. The van der Waals surface area contributed by atoms with Gasteiger partial charge in [0.05, 0.1) is 22.2 Å². The van der Waals surface area contributed by atoms with Crippen molar-refractivity contribution in [1.82, 2.24) is 0 Å². The Hall–Kier alpha value is -12.7. The predicted molar refractivity (Wildman–Crippen MR) is 424 cm³/mol. The smallest absolute Gasteiger partial charge is 0.160 e. The molecule has 0 radical (unpaired) electrons. The van der Waals surface area contributed by atoms with Crippen LogP contribution in [0.1, 0.15) is 107 Å². The lowest BCUT2D eigenvalue weighted by molar-refractivity contribution is 0.482. The monoisotopic (exact) mass is 1390 g/mol. The number of ether oxygens (including phenoxy) is 2. The van der Waals surface area contributed by atoms with Gasteiger partial charge < -0.3 is 23.7 Å². The second kappa shape index (κ2) is 26.2. The van der Waals surface area contributed by atoms with E-state index in [9.17, 15) is 0 Å². The first-order valence-corrected chi connectivity index (χ1v) is 35.7. The molecule has 15 aromatic rings. The summed E-state index contributed by atoms with van der Waals surface area (Å²) < 4.78 is 84.0. The molecule has 0 saturated heterocycles. The Morgan fingerprint density at radius 3 is 1.08 bits per heavy atom. The Bertz CT molecular complexity index is 5940. The number of rotatable bonds is 17. The van der Waals surface area contributed by atoms with E-state index in [1.54, 1.807) is 24.3 Å². The molecule has 0 fully saturated rings. The van der Waals surface area contributed by atoms with E-state index in [2.05, 4.69) is 193 Å². The topological polar surface area (TPSA) is 38.1 Å². The van der Waals surface area contributed by atoms with E-state index in [1.165, 1.54) is 23.3 Å². The zero-order chi connectivity index (χ0) is 72.8. The lowest BCUT2D eigenvalue weighted by atomic mass is 9.67. The van der Waals surface area contributed by atoms with Crippen molar-refractivity contribution in [3.63, 3.8) is 0 Å². The van der Waals surface area contributed by atoms with Crippen molar-refractivity contribution >= 4 is 68.2 Å². The molecule has 1 aromatic heterocycles. The van der Waals surface area contributed by atoms with Gasteiger partial charge in [-0.25, -0.2) is 17.6 Å². The van der Waals surface area contributed by atoms with Gasteiger partial charge in [-0.1, -0.05) is 242 Å². The first-order chi connectivity index (χ1) is 51.5. The molecule has 9 heteroatoms. The summed E-state index contributed by atoms with van der Waals surface area (Å²) in [5, 5.41) is 1.42. The molecule has 2 aliphatic carbocycles. The lowest BCUT2D eigenvalue weighted by Crippen LogP contribution is -2.29. The molecule has 14 aromatic carbocycles.